The first-order chi connectivity index (χ1) is 16.6. The molecule has 0 N–H and O–H groups in total. The molecule has 0 aliphatic heterocycles. The first-order valence-corrected chi connectivity index (χ1v) is 13.1. The number of benzene rings is 4. The van der Waals surface area contributed by atoms with Gasteiger partial charge < -0.3 is 0 Å². The zero-order valence-electron chi connectivity index (χ0n) is 22.6. The maximum Gasteiger partial charge on any atom is 0.0713 e. The van der Waals surface area contributed by atoms with Crippen LogP contribution in [0.15, 0.2) is 72.8 Å². The lowest BCUT2D eigenvalue weighted by atomic mass is 9.66. The van der Waals surface area contributed by atoms with E-state index < -0.39 is 0 Å². The Balaban J connectivity index is 1.94. The van der Waals surface area contributed by atoms with Crippen molar-refractivity contribution in [1.29, 1.82) is 0 Å². The average molecular weight is 459 g/mol. The minimum absolute atomic E-state index is 0.330. The second-order valence-electron chi connectivity index (χ2n) is 11.3. The van der Waals surface area contributed by atoms with E-state index in [1.165, 1.54) is 66.8 Å². The predicted molar refractivity (Wildman–Crippen MR) is 151 cm³/mol. The summed E-state index contributed by atoms with van der Waals surface area (Å²) in [5.41, 5.74) is 16.2. The number of fused-ring (bicyclic) bond motifs is 3. The lowest BCUT2D eigenvalue weighted by molar-refractivity contribution is 0.756. The van der Waals surface area contributed by atoms with Crippen molar-refractivity contribution in [3.63, 3.8) is 0 Å². The van der Waals surface area contributed by atoms with Crippen LogP contribution in [0.5, 0.6) is 0 Å². The fourth-order valence-electron chi connectivity index (χ4n) is 6.45. The zero-order chi connectivity index (χ0) is 25.1. The highest BCUT2D eigenvalue weighted by Gasteiger charge is 2.46. The van der Waals surface area contributed by atoms with Crippen LogP contribution in [-0.4, -0.2) is 0 Å². The summed E-state index contributed by atoms with van der Waals surface area (Å²) in [5, 5.41) is 0. The molecule has 1 aliphatic rings. The Bertz CT molecular complexity index is 1320. The summed E-state index contributed by atoms with van der Waals surface area (Å²) in [6.07, 6.45) is 0. The Kier molecular flexibility index (Phi) is 5.75. The molecule has 1 aliphatic carbocycles. The minimum atomic E-state index is -0.330. The van der Waals surface area contributed by atoms with E-state index in [9.17, 15) is 0 Å². The SMILES string of the molecule is Cc1ccc2c(c1)C(c1ccc(C(C)C)c(C)c1)(c1ccc(C(C)C)c(C)c1)c1cc(C)ccc1-2. The third-order valence-corrected chi connectivity index (χ3v) is 8.10. The topological polar surface area (TPSA) is 0 Å². The van der Waals surface area contributed by atoms with Crippen molar-refractivity contribution in [2.75, 3.05) is 0 Å². The van der Waals surface area contributed by atoms with E-state index >= 15 is 0 Å². The molecule has 0 atom stereocenters. The van der Waals surface area contributed by atoms with Gasteiger partial charge in [0.05, 0.1) is 5.41 Å². The summed E-state index contributed by atoms with van der Waals surface area (Å²) in [7, 11) is 0. The molecule has 35 heavy (non-hydrogen) atoms. The molecule has 0 amide bonds. The van der Waals surface area contributed by atoms with E-state index in [2.05, 4.69) is 128 Å². The number of rotatable bonds is 4. The van der Waals surface area contributed by atoms with E-state index in [-0.39, 0.29) is 5.41 Å². The first kappa shape index (κ1) is 23.6. The normalized spacial score (nSPS) is 13.9. The third kappa shape index (κ3) is 3.57. The number of hydrogen-bond acceptors (Lipinski definition) is 0. The minimum Gasteiger partial charge on any atom is -0.0587 e. The molecule has 0 saturated heterocycles. The van der Waals surface area contributed by atoms with Crippen LogP contribution >= 0.6 is 0 Å². The lowest BCUT2D eigenvalue weighted by Gasteiger charge is -2.35. The van der Waals surface area contributed by atoms with Crippen molar-refractivity contribution in [3.05, 3.63) is 128 Å². The number of hydrogen-bond donors (Lipinski definition) is 0. The second kappa shape index (κ2) is 8.52. The molecule has 0 bridgehead atoms. The summed E-state index contributed by atoms with van der Waals surface area (Å²) in [5.74, 6) is 1.03. The van der Waals surface area contributed by atoms with Gasteiger partial charge in [-0.25, -0.2) is 0 Å². The molecular weight excluding hydrogens is 420 g/mol. The van der Waals surface area contributed by atoms with Crippen molar-refractivity contribution >= 4 is 0 Å². The van der Waals surface area contributed by atoms with Gasteiger partial charge in [-0.05, 0) is 95.2 Å². The second-order valence-corrected chi connectivity index (χ2v) is 11.3. The van der Waals surface area contributed by atoms with E-state index in [0.29, 0.717) is 11.8 Å². The molecular formula is C35H38. The Labute approximate surface area is 212 Å². The highest BCUT2D eigenvalue weighted by molar-refractivity contribution is 5.87. The maximum absolute atomic E-state index is 2.46. The molecule has 4 aromatic rings. The van der Waals surface area contributed by atoms with Gasteiger partial charge in [0.25, 0.3) is 0 Å². The predicted octanol–water partition coefficient (Wildman–Crippen LogP) is 9.53. The molecule has 0 unspecified atom stereocenters. The van der Waals surface area contributed by atoms with Crippen molar-refractivity contribution in [2.24, 2.45) is 0 Å². The molecule has 0 fully saturated rings. The largest absolute Gasteiger partial charge is 0.0713 e. The van der Waals surface area contributed by atoms with Gasteiger partial charge in [-0.3, -0.25) is 0 Å². The summed E-state index contributed by atoms with van der Waals surface area (Å²) < 4.78 is 0. The van der Waals surface area contributed by atoms with Gasteiger partial charge in [0.2, 0.25) is 0 Å². The van der Waals surface area contributed by atoms with Crippen LogP contribution < -0.4 is 0 Å². The molecule has 4 aromatic carbocycles. The molecule has 0 nitrogen and oxygen atoms in total. The quantitative estimate of drug-likeness (QED) is 0.251. The summed E-state index contributed by atoms with van der Waals surface area (Å²) in [6.45, 7) is 18.2. The molecule has 5 rings (SSSR count). The zero-order valence-corrected chi connectivity index (χ0v) is 22.6. The highest BCUT2D eigenvalue weighted by Crippen LogP contribution is 2.57. The molecule has 0 heteroatoms. The number of aryl methyl sites for hydroxylation is 4. The summed E-state index contributed by atoms with van der Waals surface area (Å²) in [4.78, 5) is 0. The van der Waals surface area contributed by atoms with Gasteiger partial charge in [-0.2, -0.15) is 0 Å². The van der Waals surface area contributed by atoms with Gasteiger partial charge in [-0.1, -0.05) is 112 Å². The van der Waals surface area contributed by atoms with E-state index in [0.717, 1.165) is 0 Å². The van der Waals surface area contributed by atoms with Gasteiger partial charge >= 0.3 is 0 Å². The van der Waals surface area contributed by atoms with Crippen molar-refractivity contribution in [3.8, 4) is 11.1 Å². The van der Waals surface area contributed by atoms with E-state index in [4.69, 9.17) is 0 Å². The monoisotopic (exact) mass is 458 g/mol. The Morgan fingerprint density at radius 1 is 0.486 bits per heavy atom. The van der Waals surface area contributed by atoms with Gasteiger partial charge in [-0.15, -0.1) is 0 Å². The fraction of sp³-hybridized carbons (Fsp3) is 0.314. The van der Waals surface area contributed by atoms with E-state index in [1.807, 2.05) is 0 Å². The van der Waals surface area contributed by atoms with Crippen molar-refractivity contribution in [2.45, 2.75) is 72.6 Å². The van der Waals surface area contributed by atoms with E-state index in [1.54, 1.807) is 0 Å². The van der Waals surface area contributed by atoms with Crippen LogP contribution in [0.25, 0.3) is 11.1 Å². The summed E-state index contributed by atoms with van der Waals surface area (Å²) in [6, 6.07) is 28.5. The molecule has 0 saturated carbocycles. The lowest BCUT2D eigenvalue weighted by Crippen LogP contribution is -2.29. The molecule has 178 valence electrons. The third-order valence-electron chi connectivity index (χ3n) is 8.10. The average Bonchev–Trinajstić information content (AvgIpc) is 3.07. The maximum atomic E-state index is 2.46. The van der Waals surface area contributed by atoms with Crippen molar-refractivity contribution < 1.29 is 0 Å². The van der Waals surface area contributed by atoms with Crippen LogP contribution in [0.1, 0.15) is 95.2 Å². The highest BCUT2D eigenvalue weighted by atomic mass is 14.5. The molecule has 0 heterocycles. The molecule has 0 spiro atoms. The van der Waals surface area contributed by atoms with Crippen LogP contribution in [0, 0.1) is 27.7 Å². The summed E-state index contributed by atoms with van der Waals surface area (Å²) >= 11 is 0. The fourth-order valence-corrected chi connectivity index (χ4v) is 6.45. The molecule has 0 aromatic heterocycles. The van der Waals surface area contributed by atoms with Gasteiger partial charge in [0.15, 0.2) is 0 Å². The Morgan fingerprint density at radius 3 is 1.23 bits per heavy atom. The van der Waals surface area contributed by atoms with Crippen LogP contribution in [0.4, 0.5) is 0 Å². The smallest absolute Gasteiger partial charge is 0.0587 e. The molecule has 0 radical (unpaired) electrons. The van der Waals surface area contributed by atoms with Crippen LogP contribution in [0.2, 0.25) is 0 Å². The first-order valence-electron chi connectivity index (χ1n) is 13.1. The van der Waals surface area contributed by atoms with Gasteiger partial charge in [0.1, 0.15) is 0 Å². The Hall–Kier alpha value is -3.12. The van der Waals surface area contributed by atoms with Crippen LogP contribution in [-0.2, 0) is 5.41 Å². The van der Waals surface area contributed by atoms with Crippen molar-refractivity contribution in [1.82, 2.24) is 0 Å². The standard InChI is InChI=1S/C35H38/c1-21(2)29-15-11-27(19-25(29)7)35(28-12-16-30(22(3)4)26(8)20-28)33-17-23(5)9-13-31(33)32-14-10-24(6)18-34(32)35/h9-22H,1-8H3. The van der Waals surface area contributed by atoms with Gasteiger partial charge in [0, 0.05) is 0 Å². The Morgan fingerprint density at radius 2 is 0.886 bits per heavy atom. The van der Waals surface area contributed by atoms with Crippen LogP contribution in [0.3, 0.4) is 0 Å².